The largest absolute Gasteiger partial charge is 0.303 e. The molecule has 1 nitrogen and oxygen atoms in total. The molecule has 0 spiro atoms. The minimum absolute atomic E-state index is 0.728. The predicted molar refractivity (Wildman–Crippen MR) is 34.4 cm³/mol. The van der Waals surface area contributed by atoms with Gasteiger partial charge in [-0.3, -0.25) is 0 Å². The highest BCUT2D eigenvalue weighted by Gasteiger charge is 2.31. The second-order valence-electron chi connectivity index (χ2n) is 2.40. The number of hydrogen-bond acceptors (Lipinski definition) is 1. The minimum atomic E-state index is 0.728. The van der Waals surface area contributed by atoms with Crippen molar-refractivity contribution in [3.8, 4) is 12.3 Å². The number of hydrogen-bond donors (Lipinski definition) is 1. The van der Waals surface area contributed by atoms with Crippen LogP contribution in [-0.4, -0.2) is 12.6 Å². The van der Waals surface area contributed by atoms with Crippen LogP contribution in [-0.2, 0) is 0 Å². The van der Waals surface area contributed by atoms with Crippen LogP contribution >= 0.6 is 0 Å². The lowest BCUT2D eigenvalue weighted by atomic mass is 10.5. The number of nitrogens with one attached hydrogen (secondary N) is 1. The summed E-state index contributed by atoms with van der Waals surface area (Å²) in [5.41, 5.74) is 0. The third kappa shape index (κ3) is 1.24. The Hall–Kier alpha value is -0.480. The smallest absolute Gasteiger partial charge is 0.0576 e. The molecule has 0 radical (unpaired) electrons. The van der Waals surface area contributed by atoms with Crippen LogP contribution in [0.4, 0.5) is 0 Å². The van der Waals surface area contributed by atoms with Crippen molar-refractivity contribution in [3.05, 3.63) is 0 Å². The monoisotopic (exact) mass is 109 g/mol. The average molecular weight is 109 g/mol. The van der Waals surface area contributed by atoms with Gasteiger partial charge >= 0.3 is 0 Å². The van der Waals surface area contributed by atoms with Crippen molar-refractivity contribution in [1.29, 1.82) is 0 Å². The molecule has 2 unspecified atom stereocenters. The van der Waals surface area contributed by atoms with Gasteiger partial charge in [0.1, 0.15) is 0 Å². The maximum Gasteiger partial charge on any atom is 0.0576 e. The standard InChI is InChI=1S/C7H11N/c1-3-4-8-7-5-6(7)2/h1,6-8H,4-5H2,2H3. The van der Waals surface area contributed by atoms with Crippen LogP contribution in [0.2, 0.25) is 0 Å². The van der Waals surface area contributed by atoms with Crippen LogP contribution in [0.25, 0.3) is 0 Å². The summed E-state index contributed by atoms with van der Waals surface area (Å²) in [5, 5.41) is 3.22. The lowest BCUT2D eigenvalue weighted by Crippen LogP contribution is -2.17. The van der Waals surface area contributed by atoms with E-state index in [1.54, 1.807) is 0 Å². The van der Waals surface area contributed by atoms with Gasteiger partial charge in [-0.1, -0.05) is 12.8 Å². The average Bonchev–Trinajstić information content (AvgIpc) is 2.42. The quantitative estimate of drug-likeness (QED) is 0.512. The summed E-state index contributed by atoms with van der Waals surface area (Å²) in [7, 11) is 0. The van der Waals surface area contributed by atoms with E-state index in [-0.39, 0.29) is 0 Å². The summed E-state index contributed by atoms with van der Waals surface area (Å²) >= 11 is 0. The molecule has 1 fully saturated rings. The normalized spacial score (nSPS) is 34.0. The summed E-state index contributed by atoms with van der Waals surface area (Å²) < 4.78 is 0. The molecule has 1 aliphatic carbocycles. The highest BCUT2D eigenvalue weighted by molar-refractivity contribution is 4.95. The first-order valence-electron chi connectivity index (χ1n) is 3.01. The van der Waals surface area contributed by atoms with E-state index >= 15 is 0 Å². The Morgan fingerprint density at radius 3 is 2.88 bits per heavy atom. The molecule has 0 aromatic rings. The molecule has 1 N–H and O–H groups in total. The predicted octanol–water partition coefficient (Wildman–Crippen LogP) is 0.618. The van der Waals surface area contributed by atoms with Crippen molar-refractivity contribution < 1.29 is 0 Å². The van der Waals surface area contributed by atoms with Gasteiger partial charge in [0.2, 0.25) is 0 Å². The Bertz CT molecular complexity index is 112. The fraction of sp³-hybridized carbons (Fsp3) is 0.714. The molecule has 2 atom stereocenters. The van der Waals surface area contributed by atoms with E-state index in [0.29, 0.717) is 0 Å². The highest BCUT2D eigenvalue weighted by atomic mass is 15.0. The van der Waals surface area contributed by atoms with Crippen molar-refractivity contribution in [2.24, 2.45) is 5.92 Å². The first kappa shape index (κ1) is 5.65. The van der Waals surface area contributed by atoms with E-state index in [1.165, 1.54) is 6.42 Å². The van der Waals surface area contributed by atoms with E-state index in [9.17, 15) is 0 Å². The van der Waals surface area contributed by atoms with Crippen LogP contribution in [0, 0.1) is 18.3 Å². The summed E-state index contributed by atoms with van der Waals surface area (Å²) in [6.45, 7) is 2.96. The molecular weight excluding hydrogens is 98.1 g/mol. The lowest BCUT2D eigenvalue weighted by Gasteiger charge is -1.92. The number of rotatable bonds is 2. The van der Waals surface area contributed by atoms with Crippen LogP contribution in [0.5, 0.6) is 0 Å². The third-order valence-electron chi connectivity index (χ3n) is 1.58. The minimum Gasteiger partial charge on any atom is -0.303 e. The molecule has 1 saturated carbocycles. The summed E-state index contributed by atoms with van der Waals surface area (Å²) in [5.74, 6) is 3.41. The zero-order valence-electron chi connectivity index (χ0n) is 5.15. The Kier molecular flexibility index (Phi) is 1.55. The van der Waals surface area contributed by atoms with Gasteiger partial charge in [0.15, 0.2) is 0 Å². The molecule has 0 amide bonds. The SMILES string of the molecule is C#CCNC1CC1C. The molecule has 0 aromatic heterocycles. The van der Waals surface area contributed by atoms with E-state index < -0.39 is 0 Å². The molecule has 0 saturated heterocycles. The summed E-state index contributed by atoms with van der Waals surface area (Å²) in [6.07, 6.45) is 6.34. The van der Waals surface area contributed by atoms with Gasteiger partial charge in [-0.2, -0.15) is 0 Å². The second kappa shape index (κ2) is 2.19. The van der Waals surface area contributed by atoms with Gasteiger partial charge in [0.05, 0.1) is 6.54 Å². The maximum absolute atomic E-state index is 5.04. The maximum atomic E-state index is 5.04. The Morgan fingerprint density at radius 2 is 2.50 bits per heavy atom. The second-order valence-corrected chi connectivity index (χ2v) is 2.40. The lowest BCUT2D eigenvalue weighted by molar-refractivity contribution is 0.712. The zero-order valence-corrected chi connectivity index (χ0v) is 5.15. The van der Waals surface area contributed by atoms with E-state index in [4.69, 9.17) is 6.42 Å². The van der Waals surface area contributed by atoms with Gasteiger partial charge in [0, 0.05) is 6.04 Å². The van der Waals surface area contributed by atoms with Crippen LogP contribution < -0.4 is 5.32 Å². The van der Waals surface area contributed by atoms with Crippen LogP contribution in [0.15, 0.2) is 0 Å². The molecule has 0 aliphatic heterocycles. The van der Waals surface area contributed by atoms with Crippen molar-refractivity contribution in [1.82, 2.24) is 5.32 Å². The fourth-order valence-corrected chi connectivity index (χ4v) is 0.797. The summed E-state index contributed by atoms with van der Waals surface area (Å²) in [6, 6.07) is 0.728. The summed E-state index contributed by atoms with van der Waals surface area (Å²) in [4.78, 5) is 0. The van der Waals surface area contributed by atoms with Gasteiger partial charge < -0.3 is 5.32 Å². The fourth-order valence-electron chi connectivity index (χ4n) is 0.797. The molecule has 1 aliphatic rings. The Morgan fingerprint density at radius 1 is 1.88 bits per heavy atom. The van der Waals surface area contributed by atoms with Crippen molar-refractivity contribution in [2.45, 2.75) is 19.4 Å². The molecule has 0 bridgehead atoms. The van der Waals surface area contributed by atoms with Crippen LogP contribution in [0.1, 0.15) is 13.3 Å². The van der Waals surface area contributed by atoms with Gasteiger partial charge in [-0.25, -0.2) is 0 Å². The zero-order chi connectivity index (χ0) is 5.98. The Labute approximate surface area is 50.5 Å². The first-order valence-corrected chi connectivity index (χ1v) is 3.01. The van der Waals surface area contributed by atoms with Gasteiger partial charge in [0.25, 0.3) is 0 Å². The molecule has 0 aromatic carbocycles. The van der Waals surface area contributed by atoms with E-state index in [0.717, 1.165) is 18.5 Å². The number of terminal acetylenes is 1. The highest BCUT2D eigenvalue weighted by Crippen LogP contribution is 2.28. The van der Waals surface area contributed by atoms with E-state index in [2.05, 4.69) is 18.2 Å². The van der Waals surface area contributed by atoms with Gasteiger partial charge in [-0.05, 0) is 12.3 Å². The van der Waals surface area contributed by atoms with Crippen molar-refractivity contribution >= 4 is 0 Å². The molecule has 44 valence electrons. The van der Waals surface area contributed by atoms with Crippen LogP contribution in [0.3, 0.4) is 0 Å². The third-order valence-corrected chi connectivity index (χ3v) is 1.58. The Balaban J connectivity index is 1.99. The molecule has 1 rings (SSSR count). The first-order chi connectivity index (χ1) is 3.84. The topological polar surface area (TPSA) is 12.0 Å². The molecular formula is C7H11N. The molecule has 1 heteroatoms. The van der Waals surface area contributed by atoms with E-state index in [1.807, 2.05) is 0 Å². The molecule has 8 heavy (non-hydrogen) atoms. The molecule has 0 heterocycles. The van der Waals surface area contributed by atoms with Crippen molar-refractivity contribution in [3.63, 3.8) is 0 Å². The van der Waals surface area contributed by atoms with Gasteiger partial charge in [-0.15, -0.1) is 6.42 Å². The van der Waals surface area contributed by atoms with Crippen molar-refractivity contribution in [2.75, 3.05) is 6.54 Å².